The van der Waals surface area contributed by atoms with Gasteiger partial charge >= 0.3 is 0 Å². The zero-order chi connectivity index (χ0) is 19.0. The summed E-state index contributed by atoms with van der Waals surface area (Å²) in [5.74, 6) is 0.320. The van der Waals surface area contributed by atoms with E-state index < -0.39 is 6.04 Å². The third-order valence-electron chi connectivity index (χ3n) is 5.25. The maximum atomic E-state index is 12.8. The van der Waals surface area contributed by atoms with Crippen molar-refractivity contribution in [3.8, 4) is 5.75 Å². The van der Waals surface area contributed by atoms with E-state index in [1.54, 1.807) is 17.0 Å². The number of Topliss-reactive ketones (excluding diaryl/α,β-unsaturated/α-hetero) is 2. The molecule has 1 unspecified atom stereocenters. The summed E-state index contributed by atoms with van der Waals surface area (Å²) in [6.07, 6.45) is 0.700. The first-order valence-electron chi connectivity index (χ1n) is 9.18. The number of ketones is 2. The molecule has 4 rings (SSSR count). The van der Waals surface area contributed by atoms with Gasteiger partial charge in [-0.2, -0.15) is 0 Å². The highest BCUT2D eigenvalue weighted by atomic mass is 16.5. The molecule has 0 saturated heterocycles. The predicted octanol–water partition coefficient (Wildman–Crippen LogP) is 3.22. The third-order valence-corrected chi connectivity index (χ3v) is 5.25. The van der Waals surface area contributed by atoms with Gasteiger partial charge in [-0.1, -0.05) is 35.9 Å². The summed E-state index contributed by atoms with van der Waals surface area (Å²) in [7, 11) is 0. The Bertz CT molecular complexity index is 934. The summed E-state index contributed by atoms with van der Waals surface area (Å²) in [6.45, 7) is 2.80. The van der Waals surface area contributed by atoms with E-state index in [1.165, 1.54) is 5.56 Å². The molecule has 1 saturated carbocycles. The predicted molar refractivity (Wildman–Crippen MR) is 99.5 cm³/mol. The van der Waals surface area contributed by atoms with E-state index in [0.29, 0.717) is 37.3 Å². The molecule has 0 aromatic heterocycles. The number of fused-ring (bicyclic) bond motifs is 1. The van der Waals surface area contributed by atoms with Crippen molar-refractivity contribution in [2.45, 2.75) is 45.4 Å². The summed E-state index contributed by atoms with van der Waals surface area (Å²) in [5, 5.41) is 0. The quantitative estimate of drug-likeness (QED) is 0.783. The fourth-order valence-electron chi connectivity index (χ4n) is 3.86. The third kappa shape index (κ3) is 3.37. The summed E-state index contributed by atoms with van der Waals surface area (Å²) < 4.78 is 6.00. The van der Waals surface area contributed by atoms with Crippen LogP contribution >= 0.6 is 0 Å². The van der Waals surface area contributed by atoms with E-state index >= 15 is 0 Å². The Kier molecular flexibility index (Phi) is 4.52. The van der Waals surface area contributed by atoms with Crippen molar-refractivity contribution < 1.29 is 19.1 Å². The lowest BCUT2D eigenvalue weighted by Crippen LogP contribution is -2.44. The Hall–Kier alpha value is -2.95. The van der Waals surface area contributed by atoms with E-state index in [2.05, 4.69) is 6.07 Å². The highest BCUT2D eigenvalue weighted by Gasteiger charge is 2.39. The normalized spacial score (nSPS) is 19.4. The van der Waals surface area contributed by atoms with Crippen molar-refractivity contribution in [1.29, 1.82) is 0 Å². The van der Waals surface area contributed by atoms with Gasteiger partial charge in [0.15, 0.2) is 5.78 Å². The van der Waals surface area contributed by atoms with Gasteiger partial charge in [-0.25, -0.2) is 0 Å². The molecule has 1 amide bonds. The number of hydrogen-bond donors (Lipinski definition) is 0. The largest absolute Gasteiger partial charge is 0.489 e. The SMILES string of the molecule is Cc1cccc(COc2cccc3c2CN(C2CCC(=O)CC2=O)C3=O)c1. The van der Waals surface area contributed by atoms with Crippen LogP contribution in [0.15, 0.2) is 42.5 Å². The van der Waals surface area contributed by atoms with Gasteiger partial charge < -0.3 is 9.64 Å². The minimum absolute atomic E-state index is 0.0393. The Labute approximate surface area is 157 Å². The molecule has 138 valence electrons. The first-order chi connectivity index (χ1) is 13.0. The topological polar surface area (TPSA) is 63.7 Å². The Balaban J connectivity index is 1.54. The number of carbonyl (C=O) groups is 3. The molecule has 2 aromatic rings. The summed E-state index contributed by atoms with van der Waals surface area (Å²) in [6, 6.07) is 13.0. The second kappa shape index (κ2) is 6.99. The summed E-state index contributed by atoms with van der Waals surface area (Å²) in [5.41, 5.74) is 3.64. The van der Waals surface area contributed by atoms with Crippen LogP contribution in [0.3, 0.4) is 0 Å². The molecule has 1 aliphatic heterocycles. The lowest BCUT2D eigenvalue weighted by Gasteiger charge is -2.29. The van der Waals surface area contributed by atoms with Gasteiger partial charge in [0.1, 0.15) is 18.1 Å². The van der Waals surface area contributed by atoms with Crippen molar-refractivity contribution in [1.82, 2.24) is 4.90 Å². The molecule has 0 bridgehead atoms. The lowest BCUT2D eigenvalue weighted by atomic mass is 9.92. The minimum atomic E-state index is -0.507. The van der Waals surface area contributed by atoms with Gasteiger partial charge in [0.25, 0.3) is 5.91 Å². The zero-order valence-electron chi connectivity index (χ0n) is 15.2. The van der Waals surface area contributed by atoms with E-state index in [-0.39, 0.29) is 23.9 Å². The van der Waals surface area contributed by atoms with E-state index in [0.717, 1.165) is 11.1 Å². The Morgan fingerprint density at radius 2 is 1.93 bits per heavy atom. The second-order valence-corrected chi connectivity index (χ2v) is 7.23. The van der Waals surface area contributed by atoms with Crippen molar-refractivity contribution in [3.63, 3.8) is 0 Å². The maximum absolute atomic E-state index is 12.8. The number of hydrogen-bond acceptors (Lipinski definition) is 4. The molecule has 5 heteroatoms. The van der Waals surface area contributed by atoms with E-state index in [9.17, 15) is 14.4 Å². The average Bonchev–Trinajstić information content (AvgIpc) is 2.97. The van der Waals surface area contributed by atoms with Gasteiger partial charge in [-0.05, 0) is 31.0 Å². The van der Waals surface area contributed by atoms with Gasteiger partial charge in [0.2, 0.25) is 0 Å². The van der Waals surface area contributed by atoms with Crippen LogP contribution < -0.4 is 4.74 Å². The van der Waals surface area contributed by atoms with Gasteiger partial charge in [0.05, 0.1) is 19.0 Å². The summed E-state index contributed by atoms with van der Waals surface area (Å²) in [4.78, 5) is 38.2. The molecule has 27 heavy (non-hydrogen) atoms. The van der Waals surface area contributed by atoms with Crippen molar-refractivity contribution in [3.05, 3.63) is 64.7 Å². The molecule has 2 aromatic carbocycles. The van der Waals surface area contributed by atoms with Crippen molar-refractivity contribution in [2.24, 2.45) is 0 Å². The number of benzene rings is 2. The molecule has 1 aliphatic carbocycles. The van der Waals surface area contributed by atoms with E-state index in [1.807, 2.05) is 31.2 Å². The molecular formula is C22H21NO4. The Morgan fingerprint density at radius 1 is 1.11 bits per heavy atom. The monoisotopic (exact) mass is 363 g/mol. The fraction of sp³-hybridized carbons (Fsp3) is 0.318. The minimum Gasteiger partial charge on any atom is -0.489 e. The number of nitrogens with zero attached hydrogens (tertiary/aromatic N) is 1. The number of amides is 1. The second-order valence-electron chi connectivity index (χ2n) is 7.23. The maximum Gasteiger partial charge on any atom is 0.255 e. The van der Waals surface area contributed by atoms with Crippen LogP contribution in [-0.4, -0.2) is 28.4 Å². The number of aryl methyl sites for hydroxylation is 1. The number of carbonyl (C=O) groups excluding carboxylic acids is 3. The van der Waals surface area contributed by atoms with Crippen LogP contribution in [0.2, 0.25) is 0 Å². The smallest absolute Gasteiger partial charge is 0.255 e. The highest BCUT2D eigenvalue weighted by molar-refractivity contribution is 6.07. The number of rotatable bonds is 4. The molecule has 5 nitrogen and oxygen atoms in total. The van der Waals surface area contributed by atoms with Crippen molar-refractivity contribution in [2.75, 3.05) is 0 Å². The van der Waals surface area contributed by atoms with Crippen LogP contribution in [0.5, 0.6) is 5.75 Å². The molecule has 0 spiro atoms. The lowest BCUT2D eigenvalue weighted by molar-refractivity contribution is -0.133. The van der Waals surface area contributed by atoms with Crippen LogP contribution in [-0.2, 0) is 22.7 Å². The number of ether oxygens (including phenoxy) is 1. The van der Waals surface area contributed by atoms with Crippen LogP contribution in [0.25, 0.3) is 0 Å². The van der Waals surface area contributed by atoms with Crippen LogP contribution in [0.4, 0.5) is 0 Å². The zero-order valence-corrected chi connectivity index (χ0v) is 15.2. The van der Waals surface area contributed by atoms with Gasteiger partial charge in [0, 0.05) is 17.5 Å². The Morgan fingerprint density at radius 3 is 2.70 bits per heavy atom. The fourth-order valence-corrected chi connectivity index (χ4v) is 3.86. The molecule has 1 heterocycles. The van der Waals surface area contributed by atoms with Crippen LogP contribution in [0, 0.1) is 6.92 Å². The molecule has 1 fully saturated rings. The standard InChI is InChI=1S/C22H21NO4/c1-14-4-2-5-15(10-14)13-27-21-7-3-6-17-18(21)12-23(22(17)26)19-9-8-16(24)11-20(19)25/h2-7,10,19H,8-9,11-13H2,1H3. The van der Waals surface area contributed by atoms with Gasteiger partial charge in [-0.15, -0.1) is 0 Å². The molecule has 1 atom stereocenters. The highest BCUT2D eigenvalue weighted by Crippen LogP contribution is 2.34. The molecule has 2 aliphatic rings. The first kappa shape index (κ1) is 17.5. The molecule has 0 N–H and O–H groups in total. The van der Waals surface area contributed by atoms with Gasteiger partial charge in [-0.3, -0.25) is 14.4 Å². The average molecular weight is 363 g/mol. The van der Waals surface area contributed by atoms with Crippen LogP contribution in [0.1, 0.15) is 46.3 Å². The molecule has 0 radical (unpaired) electrons. The first-order valence-corrected chi connectivity index (χ1v) is 9.18. The summed E-state index contributed by atoms with van der Waals surface area (Å²) >= 11 is 0. The molecular weight excluding hydrogens is 342 g/mol. The van der Waals surface area contributed by atoms with E-state index in [4.69, 9.17) is 4.74 Å². The van der Waals surface area contributed by atoms with Crippen molar-refractivity contribution >= 4 is 17.5 Å².